The van der Waals surface area contributed by atoms with Crippen LogP contribution < -0.4 is 5.32 Å². The van der Waals surface area contributed by atoms with Gasteiger partial charge in [-0.2, -0.15) is 5.10 Å². The molecule has 0 saturated carbocycles. The van der Waals surface area contributed by atoms with Crippen molar-refractivity contribution in [3.05, 3.63) is 52.8 Å². The molecule has 114 valence electrons. The molecule has 2 heterocycles. The van der Waals surface area contributed by atoms with Gasteiger partial charge in [-0.3, -0.25) is 9.89 Å². The second-order valence-electron chi connectivity index (χ2n) is 5.14. The fraction of sp³-hybridized carbons (Fsp3) is 0.0625. The van der Waals surface area contributed by atoms with Gasteiger partial charge >= 0.3 is 0 Å². The average Bonchev–Trinajstić information content (AvgIpc) is 3.13. The Hall–Kier alpha value is -2.67. The number of hydrogen-bond acceptors (Lipinski definition) is 4. The predicted molar refractivity (Wildman–Crippen MR) is 90.1 cm³/mol. The van der Waals surface area contributed by atoms with Crippen LogP contribution in [0.1, 0.15) is 5.56 Å². The molecule has 2 aromatic carbocycles. The fourth-order valence-electron chi connectivity index (χ4n) is 2.46. The Bertz CT molecular complexity index is 1020. The van der Waals surface area contributed by atoms with E-state index in [0.717, 1.165) is 26.5 Å². The number of nitrogens with zero attached hydrogens (tertiary/aromatic N) is 2. The van der Waals surface area contributed by atoms with Crippen molar-refractivity contribution >= 4 is 49.7 Å². The first-order valence-electron chi connectivity index (χ1n) is 6.95. The van der Waals surface area contributed by atoms with Crippen molar-refractivity contribution in [3.8, 4) is 0 Å². The first-order valence-corrected chi connectivity index (χ1v) is 7.74. The number of carbonyl (C=O) groups excluding carboxylic acids is 1. The summed E-state index contributed by atoms with van der Waals surface area (Å²) in [7, 11) is 0. The van der Waals surface area contributed by atoms with Crippen molar-refractivity contribution in [2.24, 2.45) is 0 Å². The van der Waals surface area contributed by atoms with Crippen molar-refractivity contribution in [2.45, 2.75) is 6.42 Å². The molecule has 0 saturated heterocycles. The monoisotopic (exact) mass is 370 g/mol. The molecular weight excluding hydrogens is 360 g/mol. The molecule has 0 fully saturated rings. The maximum Gasteiger partial charge on any atom is 0.230 e. The van der Waals surface area contributed by atoms with Gasteiger partial charge in [-0.1, -0.05) is 22.0 Å². The number of anilines is 1. The van der Waals surface area contributed by atoms with Crippen LogP contribution in [-0.2, 0) is 11.2 Å². The summed E-state index contributed by atoms with van der Waals surface area (Å²) in [6.45, 7) is 0. The smallest absolute Gasteiger partial charge is 0.230 e. The quantitative estimate of drug-likeness (QED) is 0.576. The fourth-order valence-corrected chi connectivity index (χ4v) is 2.82. The topological polar surface area (TPSA) is 83.8 Å². The molecule has 0 radical (unpaired) electrons. The molecule has 6 nitrogen and oxygen atoms in total. The number of carbonyl (C=O) groups is 1. The van der Waals surface area contributed by atoms with Gasteiger partial charge in [0.2, 0.25) is 5.91 Å². The number of hydrogen-bond donors (Lipinski definition) is 2. The zero-order valence-corrected chi connectivity index (χ0v) is 13.4. The Balaban J connectivity index is 1.54. The molecule has 1 amide bonds. The number of fused-ring (bicyclic) bond motifs is 2. The third-order valence-electron chi connectivity index (χ3n) is 3.54. The highest BCUT2D eigenvalue weighted by atomic mass is 79.9. The lowest BCUT2D eigenvalue weighted by Crippen LogP contribution is -2.14. The summed E-state index contributed by atoms with van der Waals surface area (Å²) in [5, 5.41) is 10.8. The highest BCUT2D eigenvalue weighted by molar-refractivity contribution is 9.10. The number of halogens is 1. The van der Waals surface area contributed by atoms with E-state index in [-0.39, 0.29) is 12.3 Å². The number of H-pyrrole nitrogens is 1. The Kier molecular flexibility index (Phi) is 3.34. The summed E-state index contributed by atoms with van der Waals surface area (Å²) in [5.74, 6) is 0.393. The van der Waals surface area contributed by atoms with Crippen LogP contribution in [0.3, 0.4) is 0 Å². The molecule has 0 unspecified atom stereocenters. The van der Waals surface area contributed by atoms with E-state index in [2.05, 4.69) is 36.4 Å². The third kappa shape index (κ3) is 2.70. The van der Waals surface area contributed by atoms with Gasteiger partial charge in [-0.15, -0.1) is 0 Å². The van der Waals surface area contributed by atoms with Crippen LogP contribution in [0.4, 0.5) is 5.82 Å². The Morgan fingerprint density at radius 3 is 3.09 bits per heavy atom. The van der Waals surface area contributed by atoms with Crippen molar-refractivity contribution < 1.29 is 9.21 Å². The normalized spacial score (nSPS) is 11.2. The largest absolute Gasteiger partial charge is 0.443 e. The third-order valence-corrected chi connectivity index (χ3v) is 4.04. The SMILES string of the molecule is O=C(Cc1ccc2ocnc2c1)Nc1n[nH]c2cc(Br)ccc12. The molecule has 2 N–H and O–H groups in total. The van der Waals surface area contributed by atoms with E-state index in [1.807, 2.05) is 36.4 Å². The summed E-state index contributed by atoms with van der Waals surface area (Å²) < 4.78 is 6.14. The molecule has 0 aliphatic carbocycles. The van der Waals surface area contributed by atoms with Crippen molar-refractivity contribution in [1.82, 2.24) is 15.2 Å². The van der Waals surface area contributed by atoms with Gasteiger partial charge in [0, 0.05) is 9.86 Å². The molecule has 4 rings (SSSR count). The van der Waals surface area contributed by atoms with E-state index in [4.69, 9.17) is 4.42 Å². The molecule has 0 bridgehead atoms. The van der Waals surface area contributed by atoms with E-state index < -0.39 is 0 Å². The number of aromatic amines is 1. The minimum atomic E-state index is -0.135. The lowest BCUT2D eigenvalue weighted by atomic mass is 10.1. The number of nitrogens with one attached hydrogen (secondary N) is 2. The van der Waals surface area contributed by atoms with Gasteiger partial charge in [0.1, 0.15) is 5.52 Å². The van der Waals surface area contributed by atoms with Crippen LogP contribution in [0.2, 0.25) is 0 Å². The first-order chi connectivity index (χ1) is 11.2. The van der Waals surface area contributed by atoms with E-state index in [9.17, 15) is 4.79 Å². The molecule has 4 aromatic rings. The van der Waals surface area contributed by atoms with Crippen molar-refractivity contribution in [3.63, 3.8) is 0 Å². The van der Waals surface area contributed by atoms with Gasteiger partial charge < -0.3 is 9.73 Å². The van der Waals surface area contributed by atoms with Gasteiger partial charge in [0.25, 0.3) is 0 Å². The second kappa shape index (κ2) is 5.51. The van der Waals surface area contributed by atoms with Crippen LogP contribution in [-0.4, -0.2) is 21.1 Å². The average molecular weight is 371 g/mol. The lowest BCUT2D eigenvalue weighted by Gasteiger charge is -2.03. The molecule has 0 atom stereocenters. The molecular formula is C16H11BrN4O2. The number of oxazole rings is 1. The second-order valence-corrected chi connectivity index (χ2v) is 6.06. The number of aromatic nitrogens is 3. The highest BCUT2D eigenvalue weighted by Gasteiger charge is 2.11. The van der Waals surface area contributed by atoms with Crippen LogP contribution in [0.5, 0.6) is 0 Å². The molecule has 23 heavy (non-hydrogen) atoms. The number of benzene rings is 2. The Morgan fingerprint density at radius 2 is 2.17 bits per heavy atom. The maximum atomic E-state index is 12.2. The van der Waals surface area contributed by atoms with Gasteiger partial charge in [-0.25, -0.2) is 4.98 Å². The molecule has 2 aromatic heterocycles. The number of rotatable bonds is 3. The first kappa shape index (κ1) is 14.0. The molecule has 7 heteroatoms. The predicted octanol–water partition coefficient (Wildman–Crippen LogP) is 3.65. The molecule has 0 aliphatic heterocycles. The number of amides is 1. The van der Waals surface area contributed by atoms with Gasteiger partial charge in [0.05, 0.1) is 11.9 Å². The summed E-state index contributed by atoms with van der Waals surface area (Å²) in [6, 6.07) is 11.2. The van der Waals surface area contributed by atoms with Crippen LogP contribution in [0.15, 0.2) is 51.7 Å². The van der Waals surface area contributed by atoms with Crippen LogP contribution in [0, 0.1) is 0 Å². The maximum absolute atomic E-state index is 12.2. The zero-order valence-electron chi connectivity index (χ0n) is 11.8. The van der Waals surface area contributed by atoms with Gasteiger partial charge in [0.15, 0.2) is 17.8 Å². The summed E-state index contributed by atoms with van der Waals surface area (Å²) in [5.41, 5.74) is 3.17. The van der Waals surface area contributed by atoms with E-state index >= 15 is 0 Å². The molecule has 0 aliphatic rings. The van der Waals surface area contributed by atoms with E-state index in [1.54, 1.807) is 0 Å². The van der Waals surface area contributed by atoms with Crippen LogP contribution in [0.25, 0.3) is 22.0 Å². The summed E-state index contributed by atoms with van der Waals surface area (Å²) in [6.07, 6.45) is 1.64. The summed E-state index contributed by atoms with van der Waals surface area (Å²) in [4.78, 5) is 16.3. The van der Waals surface area contributed by atoms with Crippen molar-refractivity contribution in [1.29, 1.82) is 0 Å². The highest BCUT2D eigenvalue weighted by Crippen LogP contribution is 2.24. The lowest BCUT2D eigenvalue weighted by molar-refractivity contribution is -0.115. The summed E-state index contributed by atoms with van der Waals surface area (Å²) >= 11 is 3.40. The Morgan fingerprint density at radius 1 is 1.26 bits per heavy atom. The zero-order chi connectivity index (χ0) is 15.8. The Labute approximate surface area is 139 Å². The standard InChI is InChI=1S/C16H11BrN4O2/c17-10-2-3-11-12(7-10)20-21-16(11)19-15(22)6-9-1-4-14-13(5-9)18-8-23-14/h1-5,7-8H,6H2,(H2,19,20,21,22). The van der Waals surface area contributed by atoms with Crippen LogP contribution >= 0.6 is 15.9 Å². The minimum Gasteiger partial charge on any atom is -0.443 e. The van der Waals surface area contributed by atoms with E-state index in [1.165, 1.54) is 6.39 Å². The van der Waals surface area contributed by atoms with Gasteiger partial charge in [-0.05, 0) is 35.9 Å². The minimum absolute atomic E-state index is 0.135. The van der Waals surface area contributed by atoms with Crippen molar-refractivity contribution in [2.75, 3.05) is 5.32 Å². The molecule has 0 spiro atoms. The van der Waals surface area contributed by atoms with E-state index in [0.29, 0.717) is 11.4 Å².